The number of halogens is 3. The summed E-state index contributed by atoms with van der Waals surface area (Å²) in [6.07, 6.45) is 1.05. The van der Waals surface area contributed by atoms with Gasteiger partial charge in [-0.05, 0) is 11.6 Å². The molecular weight excluding hydrogens is 222 g/mol. The van der Waals surface area contributed by atoms with E-state index in [0.717, 1.165) is 6.20 Å². The fraction of sp³-hybridized carbons (Fsp3) is 0.200. The van der Waals surface area contributed by atoms with Crippen molar-refractivity contribution >= 4 is 27.5 Å². The molecule has 0 unspecified atom stereocenters. The number of rotatable bonds is 1. The molecule has 0 aromatic carbocycles. The van der Waals surface area contributed by atoms with E-state index >= 15 is 0 Å². The van der Waals surface area contributed by atoms with Crippen molar-refractivity contribution in [3.05, 3.63) is 23.0 Å². The molecule has 0 atom stereocenters. The van der Waals surface area contributed by atoms with Gasteiger partial charge in [0.25, 0.3) is 0 Å². The lowest BCUT2D eigenvalue weighted by Gasteiger charge is -1.94. The predicted molar refractivity (Wildman–Crippen MR) is 39.6 cm³/mol. The van der Waals surface area contributed by atoms with Gasteiger partial charge in [-0.15, -0.1) is 0 Å². The van der Waals surface area contributed by atoms with E-state index < -0.39 is 5.82 Å². The van der Waals surface area contributed by atoms with Crippen LogP contribution >= 0.6 is 27.5 Å². The third kappa shape index (κ3) is 1.64. The second-order valence-corrected chi connectivity index (χ2v) is 2.47. The zero-order chi connectivity index (χ0) is 7.56. The van der Waals surface area contributed by atoms with E-state index in [4.69, 9.17) is 11.6 Å². The van der Waals surface area contributed by atoms with E-state index in [1.165, 1.54) is 0 Å². The van der Waals surface area contributed by atoms with Gasteiger partial charge in [-0.2, -0.15) is 0 Å². The van der Waals surface area contributed by atoms with Crippen LogP contribution in [-0.4, -0.2) is 9.97 Å². The van der Waals surface area contributed by atoms with Gasteiger partial charge in [-0.3, -0.25) is 0 Å². The largest absolute Gasteiger partial charge is 0.223 e. The minimum absolute atomic E-state index is 0.0656. The fourth-order valence-electron chi connectivity index (χ4n) is 0.472. The van der Waals surface area contributed by atoms with Crippen molar-refractivity contribution in [3.63, 3.8) is 0 Å². The molecule has 0 bridgehead atoms. The molecule has 10 heavy (non-hydrogen) atoms. The molecule has 1 aromatic rings. The number of aromatic nitrogens is 2. The molecule has 0 aliphatic carbocycles. The summed E-state index contributed by atoms with van der Waals surface area (Å²) in [4.78, 5) is 7.07. The first-order valence-electron chi connectivity index (χ1n) is 2.47. The highest BCUT2D eigenvalue weighted by Crippen LogP contribution is 2.09. The van der Waals surface area contributed by atoms with Crippen LogP contribution in [0.1, 0.15) is 5.69 Å². The third-order valence-corrected chi connectivity index (χ3v) is 1.63. The first kappa shape index (κ1) is 7.88. The smallest absolute Gasteiger partial charge is 0.222 e. The summed E-state index contributed by atoms with van der Waals surface area (Å²) in [6, 6.07) is 0. The molecular formula is C5H3BrClFN2. The van der Waals surface area contributed by atoms with Gasteiger partial charge in [-0.25, -0.2) is 14.4 Å². The average molecular weight is 225 g/mol. The predicted octanol–water partition coefficient (Wildman–Crippen LogP) is 2.16. The van der Waals surface area contributed by atoms with E-state index in [-0.39, 0.29) is 11.0 Å². The maximum atomic E-state index is 12.6. The first-order valence-corrected chi connectivity index (χ1v) is 3.97. The van der Waals surface area contributed by atoms with Gasteiger partial charge in [0.2, 0.25) is 5.28 Å². The maximum absolute atomic E-state index is 12.6. The summed E-state index contributed by atoms with van der Waals surface area (Å²) < 4.78 is 12.6. The van der Waals surface area contributed by atoms with Crippen molar-refractivity contribution < 1.29 is 4.39 Å². The summed E-state index contributed by atoms with van der Waals surface area (Å²) in [6.45, 7) is 0. The van der Waals surface area contributed by atoms with Crippen LogP contribution in [-0.2, 0) is 5.33 Å². The van der Waals surface area contributed by atoms with Gasteiger partial charge in [-0.1, -0.05) is 15.9 Å². The summed E-state index contributed by atoms with van der Waals surface area (Å²) in [5.41, 5.74) is 0.278. The molecule has 54 valence electrons. The molecule has 1 aromatic heterocycles. The Morgan fingerprint density at radius 2 is 2.40 bits per heavy atom. The van der Waals surface area contributed by atoms with Crippen molar-refractivity contribution in [3.8, 4) is 0 Å². The quantitative estimate of drug-likeness (QED) is 0.541. The van der Waals surface area contributed by atoms with Crippen LogP contribution in [0.15, 0.2) is 6.20 Å². The number of hydrogen-bond donors (Lipinski definition) is 0. The molecule has 0 saturated heterocycles. The molecule has 0 spiro atoms. The third-order valence-electron chi connectivity index (χ3n) is 0.914. The number of nitrogens with zero attached hydrogens (tertiary/aromatic N) is 2. The highest BCUT2D eigenvalue weighted by atomic mass is 79.9. The van der Waals surface area contributed by atoms with Crippen molar-refractivity contribution in [1.82, 2.24) is 9.97 Å². The fourth-order valence-corrected chi connectivity index (χ4v) is 1.02. The summed E-state index contributed by atoms with van der Waals surface area (Å²) in [5, 5.41) is 0.414. The van der Waals surface area contributed by atoms with E-state index in [1.807, 2.05) is 0 Å². The van der Waals surface area contributed by atoms with Crippen LogP contribution in [0.3, 0.4) is 0 Å². The first-order chi connectivity index (χ1) is 4.74. The molecule has 0 fully saturated rings. The average Bonchev–Trinajstić information content (AvgIpc) is 1.94. The molecule has 0 radical (unpaired) electrons. The Balaban J connectivity index is 3.09. The summed E-state index contributed by atoms with van der Waals surface area (Å²) >= 11 is 8.44. The Morgan fingerprint density at radius 1 is 1.70 bits per heavy atom. The van der Waals surface area contributed by atoms with Gasteiger partial charge in [0.05, 0.1) is 11.9 Å². The molecule has 5 heteroatoms. The maximum Gasteiger partial charge on any atom is 0.222 e. The normalized spacial score (nSPS) is 9.90. The SMILES string of the molecule is Fc1cnc(Cl)nc1CBr. The van der Waals surface area contributed by atoms with Gasteiger partial charge in [0.15, 0.2) is 5.82 Å². The van der Waals surface area contributed by atoms with Gasteiger partial charge < -0.3 is 0 Å². The zero-order valence-corrected chi connectivity index (χ0v) is 7.15. The van der Waals surface area contributed by atoms with Crippen LogP contribution in [0.25, 0.3) is 0 Å². The van der Waals surface area contributed by atoms with Crippen LogP contribution < -0.4 is 0 Å². The Hall–Kier alpha value is -0.220. The molecule has 0 aliphatic heterocycles. The van der Waals surface area contributed by atoms with Crippen molar-refractivity contribution in [2.75, 3.05) is 0 Å². The molecule has 0 N–H and O–H groups in total. The van der Waals surface area contributed by atoms with Gasteiger partial charge >= 0.3 is 0 Å². The Morgan fingerprint density at radius 3 is 2.90 bits per heavy atom. The van der Waals surface area contributed by atoms with Crippen molar-refractivity contribution in [1.29, 1.82) is 0 Å². The Bertz CT molecular complexity index is 243. The monoisotopic (exact) mass is 224 g/mol. The highest BCUT2D eigenvalue weighted by Gasteiger charge is 2.02. The Labute approximate surface area is 70.6 Å². The molecule has 1 heterocycles. The lowest BCUT2D eigenvalue weighted by atomic mass is 10.4. The van der Waals surface area contributed by atoms with Crippen LogP contribution in [0.2, 0.25) is 5.28 Å². The van der Waals surface area contributed by atoms with Crippen molar-refractivity contribution in [2.24, 2.45) is 0 Å². The van der Waals surface area contributed by atoms with Gasteiger partial charge in [0, 0.05) is 5.33 Å². The summed E-state index contributed by atoms with van der Waals surface area (Å²) in [5.74, 6) is -0.443. The van der Waals surface area contributed by atoms with Crippen LogP contribution in [0.5, 0.6) is 0 Å². The molecule has 0 aliphatic rings. The summed E-state index contributed by atoms with van der Waals surface area (Å²) in [7, 11) is 0. The van der Waals surface area contributed by atoms with Crippen molar-refractivity contribution in [2.45, 2.75) is 5.33 Å². The molecule has 2 nitrogen and oxygen atoms in total. The standard InChI is InChI=1S/C5H3BrClFN2/c6-1-4-3(8)2-9-5(7)10-4/h2H,1H2. The van der Waals surface area contributed by atoms with Crippen LogP contribution in [0, 0.1) is 5.82 Å². The van der Waals surface area contributed by atoms with Crippen LogP contribution in [0.4, 0.5) is 4.39 Å². The minimum Gasteiger partial charge on any atom is -0.223 e. The van der Waals surface area contributed by atoms with E-state index in [9.17, 15) is 4.39 Å². The Kier molecular flexibility index (Phi) is 2.56. The van der Waals surface area contributed by atoms with Gasteiger partial charge in [0.1, 0.15) is 0 Å². The molecule has 0 saturated carbocycles. The zero-order valence-electron chi connectivity index (χ0n) is 4.81. The molecule has 0 amide bonds. The topological polar surface area (TPSA) is 25.8 Å². The van der Waals surface area contributed by atoms with E-state index in [0.29, 0.717) is 5.33 Å². The second kappa shape index (κ2) is 3.25. The molecule has 1 rings (SSSR count). The lowest BCUT2D eigenvalue weighted by molar-refractivity contribution is 0.600. The second-order valence-electron chi connectivity index (χ2n) is 1.57. The van der Waals surface area contributed by atoms with E-state index in [2.05, 4.69) is 25.9 Å². The van der Waals surface area contributed by atoms with E-state index in [1.54, 1.807) is 0 Å². The lowest BCUT2D eigenvalue weighted by Crippen LogP contribution is -1.93. The highest BCUT2D eigenvalue weighted by molar-refractivity contribution is 9.08. The number of hydrogen-bond acceptors (Lipinski definition) is 2. The minimum atomic E-state index is -0.443. The number of alkyl halides is 1.